The Morgan fingerprint density at radius 3 is 2.59 bits per heavy atom. The maximum absolute atomic E-state index is 13.6. The third-order valence-corrected chi connectivity index (χ3v) is 3.64. The van der Waals surface area contributed by atoms with Gasteiger partial charge in [0.05, 0.1) is 11.9 Å². The van der Waals surface area contributed by atoms with Crippen molar-refractivity contribution in [3.8, 4) is 5.75 Å². The van der Waals surface area contributed by atoms with Crippen LogP contribution in [-0.4, -0.2) is 31.2 Å². The number of nitrogens with zero attached hydrogens (tertiary/aromatic N) is 2. The average molecular weight is 305 g/mol. The molecule has 6 heteroatoms. The van der Waals surface area contributed by atoms with E-state index >= 15 is 0 Å². The molecule has 0 unspecified atom stereocenters. The standard InChI is InChI=1S/C16H17F2N3O/c17-13-2-1-3-14(18)16(13)22-11-12-4-5-20-10-15(12)21-8-6-19-7-9-21/h1-5,10,19H,6-9,11H2. The van der Waals surface area contributed by atoms with E-state index < -0.39 is 11.6 Å². The zero-order valence-corrected chi connectivity index (χ0v) is 12.1. The van der Waals surface area contributed by atoms with Crippen molar-refractivity contribution in [2.24, 2.45) is 0 Å². The number of piperazine rings is 1. The Morgan fingerprint density at radius 1 is 1.14 bits per heavy atom. The first-order chi connectivity index (χ1) is 10.8. The molecule has 0 atom stereocenters. The van der Waals surface area contributed by atoms with Gasteiger partial charge in [0.2, 0.25) is 0 Å². The van der Waals surface area contributed by atoms with E-state index in [1.165, 1.54) is 18.2 Å². The molecule has 0 radical (unpaired) electrons. The van der Waals surface area contributed by atoms with E-state index in [0.29, 0.717) is 0 Å². The van der Waals surface area contributed by atoms with Crippen molar-refractivity contribution in [1.29, 1.82) is 0 Å². The zero-order chi connectivity index (χ0) is 15.4. The Morgan fingerprint density at radius 2 is 1.86 bits per heavy atom. The van der Waals surface area contributed by atoms with Gasteiger partial charge in [-0.15, -0.1) is 0 Å². The monoisotopic (exact) mass is 305 g/mol. The summed E-state index contributed by atoms with van der Waals surface area (Å²) in [5.41, 5.74) is 1.81. The van der Waals surface area contributed by atoms with E-state index in [1.54, 1.807) is 12.4 Å². The van der Waals surface area contributed by atoms with Gasteiger partial charge in [-0.1, -0.05) is 6.07 Å². The maximum atomic E-state index is 13.6. The summed E-state index contributed by atoms with van der Waals surface area (Å²) in [7, 11) is 0. The molecule has 3 rings (SSSR count). The van der Waals surface area contributed by atoms with Crippen LogP contribution in [0.4, 0.5) is 14.5 Å². The fraction of sp³-hybridized carbons (Fsp3) is 0.312. The van der Waals surface area contributed by atoms with E-state index in [4.69, 9.17) is 4.74 Å². The third kappa shape index (κ3) is 3.17. The summed E-state index contributed by atoms with van der Waals surface area (Å²) in [6.45, 7) is 3.63. The van der Waals surface area contributed by atoms with Crippen LogP contribution in [0.3, 0.4) is 0 Å². The molecule has 4 nitrogen and oxygen atoms in total. The second-order valence-corrected chi connectivity index (χ2v) is 5.08. The molecule has 1 aliphatic heterocycles. The molecule has 0 amide bonds. The van der Waals surface area contributed by atoms with E-state index in [-0.39, 0.29) is 12.4 Å². The fourth-order valence-electron chi connectivity index (χ4n) is 2.50. The van der Waals surface area contributed by atoms with Crippen LogP contribution < -0.4 is 15.0 Å². The highest BCUT2D eigenvalue weighted by Gasteiger charge is 2.16. The predicted molar refractivity (Wildman–Crippen MR) is 80.0 cm³/mol. The van der Waals surface area contributed by atoms with Crippen LogP contribution in [0.25, 0.3) is 0 Å². The Balaban J connectivity index is 1.78. The summed E-state index contributed by atoms with van der Waals surface area (Å²) < 4.78 is 32.6. The van der Waals surface area contributed by atoms with Crippen LogP contribution in [0.1, 0.15) is 5.56 Å². The largest absolute Gasteiger partial charge is 0.483 e. The van der Waals surface area contributed by atoms with Crippen LogP contribution in [-0.2, 0) is 6.61 Å². The van der Waals surface area contributed by atoms with Crippen molar-refractivity contribution >= 4 is 5.69 Å². The molecular formula is C16H17F2N3O. The molecule has 0 saturated carbocycles. The second kappa shape index (κ2) is 6.70. The number of nitrogens with one attached hydrogen (secondary N) is 1. The van der Waals surface area contributed by atoms with Gasteiger partial charge in [0.25, 0.3) is 0 Å². The van der Waals surface area contributed by atoms with Crippen LogP contribution in [0, 0.1) is 11.6 Å². The smallest absolute Gasteiger partial charge is 0.191 e. The molecule has 116 valence electrons. The Hall–Kier alpha value is -2.21. The summed E-state index contributed by atoms with van der Waals surface area (Å²) in [4.78, 5) is 6.34. The van der Waals surface area contributed by atoms with Crippen molar-refractivity contribution in [3.63, 3.8) is 0 Å². The molecule has 22 heavy (non-hydrogen) atoms. The summed E-state index contributed by atoms with van der Waals surface area (Å²) >= 11 is 0. The zero-order valence-electron chi connectivity index (χ0n) is 12.1. The van der Waals surface area contributed by atoms with Gasteiger partial charge in [-0.2, -0.15) is 0 Å². The summed E-state index contributed by atoms with van der Waals surface area (Å²) in [5, 5.41) is 3.28. The highest BCUT2D eigenvalue weighted by atomic mass is 19.1. The number of rotatable bonds is 4. The van der Waals surface area contributed by atoms with Crippen molar-refractivity contribution in [2.45, 2.75) is 6.61 Å². The van der Waals surface area contributed by atoms with Crippen LogP contribution >= 0.6 is 0 Å². The molecule has 0 aliphatic carbocycles. The van der Waals surface area contributed by atoms with Gasteiger partial charge in [-0.3, -0.25) is 4.98 Å². The molecule has 1 aromatic heterocycles. The van der Waals surface area contributed by atoms with Crippen molar-refractivity contribution in [2.75, 3.05) is 31.1 Å². The minimum Gasteiger partial charge on any atom is -0.483 e. The lowest BCUT2D eigenvalue weighted by Gasteiger charge is -2.30. The molecule has 0 spiro atoms. The minimum absolute atomic E-state index is 0.0969. The minimum atomic E-state index is -0.697. The van der Waals surface area contributed by atoms with E-state index in [9.17, 15) is 8.78 Å². The topological polar surface area (TPSA) is 37.4 Å². The molecule has 1 aromatic carbocycles. The van der Waals surface area contributed by atoms with Crippen LogP contribution in [0.2, 0.25) is 0 Å². The van der Waals surface area contributed by atoms with Gasteiger partial charge in [0, 0.05) is 37.9 Å². The van der Waals surface area contributed by atoms with E-state index in [0.717, 1.165) is 37.4 Å². The van der Waals surface area contributed by atoms with Crippen molar-refractivity contribution in [3.05, 3.63) is 53.9 Å². The van der Waals surface area contributed by atoms with E-state index in [2.05, 4.69) is 15.2 Å². The number of hydrogen-bond acceptors (Lipinski definition) is 4. The first-order valence-corrected chi connectivity index (χ1v) is 7.21. The van der Waals surface area contributed by atoms with Gasteiger partial charge in [-0.05, 0) is 18.2 Å². The maximum Gasteiger partial charge on any atom is 0.191 e. The van der Waals surface area contributed by atoms with Crippen molar-refractivity contribution in [1.82, 2.24) is 10.3 Å². The average Bonchev–Trinajstić information content (AvgIpc) is 2.56. The number of para-hydroxylation sites is 1. The Kier molecular flexibility index (Phi) is 4.48. The normalized spacial score (nSPS) is 14.9. The highest BCUT2D eigenvalue weighted by Crippen LogP contribution is 2.25. The molecule has 1 aliphatic rings. The lowest BCUT2D eigenvalue weighted by molar-refractivity contribution is 0.274. The second-order valence-electron chi connectivity index (χ2n) is 5.08. The molecular weight excluding hydrogens is 288 g/mol. The van der Waals surface area contributed by atoms with Crippen LogP contribution in [0.15, 0.2) is 36.7 Å². The van der Waals surface area contributed by atoms with Gasteiger partial charge >= 0.3 is 0 Å². The number of benzene rings is 1. The summed E-state index contributed by atoms with van der Waals surface area (Å²) in [5.74, 6) is -1.74. The molecule has 1 saturated heterocycles. The molecule has 1 N–H and O–H groups in total. The first kappa shape index (κ1) is 14.7. The number of pyridine rings is 1. The molecule has 1 fully saturated rings. The van der Waals surface area contributed by atoms with Gasteiger partial charge < -0.3 is 15.0 Å². The predicted octanol–water partition coefficient (Wildman–Crippen LogP) is 2.35. The molecule has 2 aromatic rings. The summed E-state index contributed by atoms with van der Waals surface area (Å²) in [6.07, 6.45) is 3.42. The number of aromatic nitrogens is 1. The number of anilines is 1. The van der Waals surface area contributed by atoms with E-state index in [1.807, 2.05) is 6.07 Å². The summed E-state index contributed by atoms with van der Waals surface area (Å²) in [6, 6.07) is 5.50. The van der Waals surface area contributed by atoms with Gasteiger partial charge in [0.15, 0.2) is 17.4 Å². The number of hydrogen-bond donors (Lipinski definition) is 1. The highest BCUT2D eigenvalue weighted by molar-refractivity contribution is 5.52. The number of halogens is 2. The lowest BCUT2D eigenvalue weighted by atomic mass is 10.2. The van der Waals surface area contributed by atoms with Crippen molar-refractivity contribution < 1.29 is 13.5 Å². The SMILES string of the molecule is Fc1cccc(F)c1OCc1ccncc1N1CCNCC1. The third-order valence-electron chi connectivity index (χ3n) is 3.64. The van der Waals surface area contributed by atoms with Gasteiger partial charge in [0.1, 0.15) is 6.61 Å². The Bertz CT molecular complexity index is 625. The molecule has 2 heterocycles. The fourth-order valence-corrected chi connectivity index (χ4v) is 2.50. The van der Waals surface area contributed by atoms with Gasteiger partial charge in [-0.25, -0.2) is 8.78 Å². The molecule has 0 bridgehead atoms. The Labute approximate surface area is 127 Å². The first-order valence-electron chi connectivity index (χ1n) is 7.21. The quantitative estimate of drug-likeness (QED) is 0.941. The lowest BCUT2D eigenvalue weighted by Crippen LogP contribution is -2.44. The van der Waals surface area contributed by atoms with Crippen LogP contribution in [0.5, 0.6) is 5.75 Å². The number of ether oxygens (including phenoxy) is 1.